The molecule has 2 aliphatic heterocycles. The summed E-state index contributed by atoms with van der Waals surface area (Å²) in [6.07, 6.45) is 4.15. The van der Waals surface area contributed by atoms with Gasteiger partial charge in [0.05, 0.1) is 30.5 Å². The minimum atomic E-state index is -1.72. The summed E-state index contributed by atoms with van der Waals surface area (Å²) in [4.78, 5) is 57.8. The van der Waals surface area contributed by atoms with E-state index in [1.165, 1.54) is 18.0 Å². The van der Waals surface area contributed by atoms with Gasteiger partial charge in [-0.15, -0.1) is 0 Å². The van der Waals surface area contributed by atoms with Crippen LogP contribution in [0.2, 0.25) is 0 Å². The number of benzene rings is 1. The number of carbonyl (C=O) groups is 4. The molecule has 12 nitrogen and oxygen atoms in total. The van der Waals surface area contributed by atoms with Crippen molar-refractivity contribution in [2.75, 3.05) is 19.8 Å². The quantitative estimate of drug-likeness (QED) is 0.305. The van der Waals surface area contributed by atoms with Gasteiger partial charge in [0, 0.05) is 11.9 Å². The smallest absolute Gasteiger partial charge is 0.258 e. The maximum Gasteiger partial charge on any atom is 0.258 e. The van der Waals surface area contributed by atoms with E-state index in [-0.39, 0.29) is 11.8 Å². The van der Waals surface area contributed by atoms with Crippen LogP contribution in [0.4, 0.5) is 0 Å². The van der Waals surface area contributed by atoms with Crippen LogP contribution < -0.4 is 21.4 Å². The Balaban J connectivity index is 1.75. The van der Waals surface area contributed by atoms with Crippen molar-refractivity contribution in [1.29, 1.82) is 0 Å². The number of hydrogen-bond donors (Lipinski definition) is 6. The average Bonchev–Trinajstić information content (AvgIpc) is 2.99. The van der Waals surface area contributed by atoms with Crippen LogP contribution in [0.1, 0.15) is 57.8 Å². The van der Waals surface area contributed by atoms with Crippen LogP contribution in [0.25, 0.3) is 17.0 Å². The zero-order chi connectivity index (χ0) is 30.6. The van der Waals surface area contributed by atoms with Crippen LogP contribution in [-0.2, 0) is 19.2 Å². The maximum atomic E-state index is 13.4. The van der Waals surface area contributed by atoms with Gasteiger partial charge in [-0.2, -0.15) is 0 Å². The molecular formula is C30H40N6O6. The fourth-order valence-corrected chi connectivity index (χ4v) is 5.07. The van der Waals surface area contributed by atoms with Gasteiger partial charge in [0.25, 0.3) is 5.91 Å². The van der Waals surface area contributed by atoms with Crippen molar-refractivity contribution in [2.45, 2.75) is 64.7 Å². The van der Waals surface area contributed by atoms with Gasteiger partial charge in [-0.05, 0) is 50.3 Å². The summed E-state index contributed by atoms with van der Waals surface area (Å²) in [6.45, 7) is 5.78. The molecule has 6 N–H and O–H groups in total. The van der Waals surface area contributed by atoms with Crippen molar-refractivity contribution in [3.63, 3.8) is 0 Å². The van der Waals surface area contributed by atoms with Gasteiger partial charge in [-0.3, -0.25) is 29.2 Å². The van der Waals surface area contributed by atoms with Gasteiger partial charge < -0.3 is 26.2 Å². The Morgan fingerprint density at radius 3 is 2.36 bits per heavy atom. The molecule has 1 aromatic heterocycles. The van der Waals surface area contributed by atoms with Crippen molar-refractivity contribution >= 4 is 40.6 Å². The van der Waals surface area contributed by atoms with Crippen molar-refractivity contribution in [3.05, 3.63) is 47.7 Å². The van der Waals surface area contributed by atoms with E-state index in [0.29, 0.717) is 36.2 Å². The van der Waals surface area contributed by atoms with Gasteiger partial charge in [0.2, 0.25) is 17.7 Å². The summed E-state index contributed by atoms with van der Waals surface area (Å²) in [5, 5.41) is 31.0. The lowest BCUT2D eigenvalue weighted by atomic mass is 9.86. The minimum Gasteiger partial charge on any atom is -0.395 e. The van der Waals surface area contributed by atoms with Crippen LogP contribution in [0.3, 0.4) is 0 Å². The van der Waals surface area contributed by atoms with E-state index in [9.17, 15) is 29.4 Å². The van der Waals surface area contributed by atoms with Gasteiger partial charge in [-0.25, -0.2) is 5.43 Å². The van der Waals surface area contributed by atoms with E-state index in [2.05, 4.69) is 21.4 Å². The number of rotatable bonds is 3. The Bertz CT molecular complexity index is 1370. The molecule has 0 radical (unpaired) electrons. The highest BCUT2D eigenvalue weighted by atomic mass is 16.3. The minimum absolute atomic E-state index is 0.270. The van der Waals surface area contributed by atoms with Crippen LogP contribution in [0.15, 0.2) is 36.4 Å². The third kappa shape index (κ3) is 6.61. The van der Waals surface area contributed by atoms with Crippen molar-refractivity contribution in [1.82, 2.24) is 31.4 Å². The highest BCUT2D eigenvalue weighted by Crippen LogP contribution is 2.24. The standard InChI is InChI=1S/C30H40N6O6/c1-17(2)25-27(40)32-19(4)28(41)36-13-5-6-23(35-36)26(39)31-18(3)22-10-9-21-8-7-20(14-24(21)33-22)11-12-30(15-37,16-38)29(42)34-25/h7-12,14,17-19,23,25,35,37-38H,5-6,13,15-16H2,1-4H3,(H,31,39)(H,32,40)(H,34,42)/b12-11+/t18-,19+,23+,25+/m1/s1. The number of pyridine rings is 1. The highest BCUT2D eigenvalue weighted by molar-refractivity contribution is 5.94. The molecule has 1 saturated heterocycles. The normalized spacial score (nSPS) is 26.5. The van der Waals surface area contributed by atoms with E-state index in [1.54, 1.807) is 19.9 Å². The summed E-state index contributed by atoms with van der Waals surface area (Å²) >= 11 is 0. The lowest BCUT2D eigenvalue weighted by molar-refractivity contribution is -0.143. The molecule has 0 aliphatic carbocycles. The van der Waals surface area contributed by atoms with E-state index in [0.717, 1.165) is 5.39 Å². The summed E-state index contributed by atoms with van der Waals surface area (Å²) in [5.74, 6) is -2.39. The molecule has 3 heterocycles. The Morgan fingerprint density at radius 2 is 1.67 bits per heavy atom. The second-order valence-corrected chi connectivity index (χ2v) is 11.5. The van der Waals surface area contributed by atoms with Crippen LogP contribution in [-0.4, -0.2) is 81.7 Å². The molecule has 4 atom stereocenters. The molecule has 12 heteroatoms. The van der Waals surface area contributed by atoms with Gasteiger partial charge >= 0.3 is 0 Å². The first-order chi connectivity index (χ1) is 20.0. The Kier molecular flexibility index (Phi) is 9.60. The van der Waals surface area contributed by atoms with Crippen molar-refractivity contribution < 1.29 is 29.4 Å². The summed E-state index contributed by atoms with van der Waals surface area (Å²) in [5.41, 5.74) is 3.24. The zero-order valence-corrected chi connectivity index (χ0v) is 24.4. The summed E-state index contributed by atoms with van der Waals surface area (Å²) in [6, 6.07) is 6.16. The molecule has 0 unspecified atom stereocenters. The number of aromatic nitrogens is 1. The second kappa shape index (κ2) is 13.0. The molecule has 5 bridgehead atoms. The number of carbonyl (C=O) groups excluding carboxylic acids is 4. The van der Waals surface area contributed by atoms with E-state index in [1.807, 2.05) is 37.3 Å². The molecule has 42 heavy (non-hydrogen) atoms. The molecule has 226 valence electrons. The van der Waals surface area contributed by atoms with Crippen molar-refractivity contribution in [3.8, 4) is 0 Å². The number of amides is 4. The molecule has 4 rings (SSSR count). The molecule has 1 fully saturated rings. The molecule has 2 aromatic rings. The average molecular weight is 581 g/mol. The predicted octanol–water partition coefficient (Wildman–Crippen LogP) is 0.551. The largest absolute Gasteiger partial charge is 0.395 e. The first-order valence-corrected chi connectivity index (χ1v) is 14.3. The van der Waals surface area contributed by atoms with Gasteiger partial charge in [-0.1, -0.05) is 44.2 Å². The van der Waals surface area contributed by atoms with Crippen molar-refractivity contribution in [2.24, 2.45) is 11.3 Å². The monoisotopic (exact) mass is 580 g/mol. The van der Waals surface area contributed by atoms with Crippen LogP contribution in [0, 0.1) is 11.3 Å². The number of nitrogens with zero attached hydrogens (tertiary/aromatic N) is 2. The first-order valence-electron chi connectivity index (χ1n) is 14.3. The summed E-state index contributed by atoms with van der Waals surface area (Å²) < 4.78 is 0. The molecule has 1 aromatic carbocycles. The van der Waals surface area contributed by atoms with Crippen LogP contribution in [0.5, 0.6) is 0 Å². The lowest BCUT2D eigenvalue weighted by Crippen LogP contribution is -2.62. The molecular weight excluding hydrogens is 540 g/mol. The number of aliphatic hydroxyl groups excluding tert-OH is 2. The lowest BCUT2D eigenvalue weighted by Gasteiger charge is -2.35. The maximum absolute atomic E-state index is 13.4. The fourth-order valence-electron chi connectivity index (χ4n) is 5.07. The number of hydrogen-bond acceptors (Lipinski definition) is 8. The summed E-state index contributed by atoms with van der Waals surface area (Å²) in [7, 11) is 0. The molecule has 0 saturated carbocycles. The van der Waals surface area contributed by atoms with E-state index >= 15 is 0 Å². The van der Waals surface area contributed by atoms with E-state index < -0.39 is 60.5 Å². The topological polar surface area (TPSA) is 173 Å². The first kappa shape index (κ1) is 31.1. The van der Waals surface area contributed by atoms with Gasteiger partial charge in [0.15, 0.2) is 0 Å². The number of aliphatic hydroxyl groups is 2. The fraction of sp³-hybridized carbons (Fsp3) is 0.500. The number of hydrazine groups is 1. The third-order valence-electron chi connectivity index (χ3n) is 7.89. The number of nitrogens with one attached hydrogen (secondary N) is 4. The Morgan fingerprint density at radius 1 is 0.976 bits per heavy atom. The molecule has 4 amide bonds. The predicted molar refractivity (Wildman–Crippen MR) is 156 cm³/mol. The second-order valence-electron chi connectivity index (χ2n) is 11.5. The highest BCUT2D eigenvalue weighted by Gasteiger charge is 2.39. The van der Waals surface area contributed by atoms with E-state index in [4.69, 9.17) is 4.98 Å². The van der Waals surface area contributed by atoms with Gasteiger partial charge in [0.1, 0.15) is 23.5 Å². The Hall–Kier alpha value is -3.87. The Labute approximate surface area is 244 Å². The third-order valence-corrected chi connectivity index (χ3v) is 7.89. The zero-order valence-electron chi connectivity index (χ0n) is 24.4. The molecule has 2 aliphatic rings. The molecule has 0 spiro atoms. The van der Waals surface area contributed by atoms with Crippen LogP contribution >= 0.6 is 0 Å². The number of fused-ring (bicyclic) bond motifs is 4. The SMILES string of the molecule is CC(C)[C@@H]1NC(=O)C(CO)(CO)/C=C/c2ccc3ccc(nc3c2)[C@@H](C)NC(=O)[C@@H]2CCCN(N2)C(=O)[C@H](C)NC1=O.